The molecule has 2 aromatic rings. The van der Waals surface area contributed by atoms with Crippen molar-refractivity contribution in [1.82, 2.24) is 9.29 Å². The number of hydrogen-bond acceptors (Lipinski definition) is 6. The maximum Gasteiger partial charge on any atom is 0.242 e. The fourth-order valence-electron chi connectivity index (χ4n) is 4.66. The number of rotatable bonds is 3. The number of benzene rings is 1. The number of ketones is 1. The van der Waals surface area contributed by atoms with Crippen molar-refractivity contribution in [3.8, 4) is 0 Å². The predicted molar refractivity (Wildman–Crippen MR) is 116 cm³/mol. The lowest BCUT2D eigenvalue weighted by atomic mass is 9.84. The van der Waals surface area contributed by atoms with Gasteiger partial charge in [-0.25, -0.2) is 27.1 Å². The lowest BCUT2D eigenvalue weighted by molar-refractivity contribution is 0.0987. The fourth-order valence-corrected chi connectivity index (χ4v) is 6.56. The lowest BCUT2D eigenvalue weighted by Crippen LogP contribution is -2.56. The number of guanidine groups is 1. The number of carbonyl (C=O) groups excluding carboxylic acids is 1. The molecule has 0 saturated heterocycles. The quantitative estimate of drug-likeness (QED) is 0.732. The summed E-state index contributed by atoms with van der Waals surface area (Å²) in [4.78, 5) is 21.4. The van der Waals surface area contributed by atoms with E-state index in [1.807, 2.05) is 18.2 Å². The Morgan fingerprint density at radius 2 is 2.10 bits per heavy atom. The molecule has 0 saturated carbocycles. The molecule has 1 aromatic carbocycles. The highest BCUT2D eigenvalue weighted by atomic mass is 32.2. The van der Waals surface area contributed by atoms with Gasteiger partial charge < -0.3 is 5.73 Å². The summed E-state index contributed by atoms with van der Waals surface area (Å²) in [5.74, 6) is -0.761. The third-order valence-corrected chi connectivity index (χ3v) is 8.71. The number of carbonyl (C=O) groups is 1. The Kier molecular flexibility index (Phi) is 5.12. The molecular weight excluding hydrogens is 419 g/mol. The van der Waals surface area contributed by atoms with Crippen LogP contribution in [-0.4, -0.2) is 41.7 Å². The van der Waals surface area contributed by atoms with Crippen molar-refractivity contribution in [3.05, 3.63) is 64.2 Å². The van der Waals surface area contributed by atoms with Crippen LogP contribution in [0.2, 0.25) is 0 Å². The van der Waals surface area contributed by atoms with E-state index in [0.29, 0.717) is 18.4 Å². The van der Waals surface area contributed by atoms with Crippen molar-refractivity contribution in [1.29, 1.82) is 0 Å². The van der Waals surface area contributed by atoms with Gasteiger partial charge in [0.1, 0.15) is 22.3 Å². The Labute approximate surface area is 181 Å². The Morgan fingerprint density at radius 1 is 1.35 bits per heavy atom. The molecule has 7 nitrogen and oxygen atoms in total. The van der Waals surface area contributed by atoms with Gasteiger partial charge in [0.2, 0.25) is 16.0 Å². The van der Waals surface area contributed by atoms with Gasteiger partial charge in [-0.2, -0.15) is 0 Å². The molecule has 0 spiro atoms. The second-order valence-electron chi connectivity index (χ2n) is 8.42. The van der Waals surface area contributed by atoms with Crippen LogP contribution in [0.4, 0.5) is 4.39 Å². The van der Waals surface area contributed by atoms with Gasteiger partial charge in [0.25, 0.3) is 0 Å². The van der Waals surface area contributed by atoms with Crippen LogP contribution in [0.15, 0.2) is 35.5 Å². The molecule has 4 rings (SSSR count). The van der Waals surface area contributed by atoms with E-state index in [4.69, 9.17) is 5.73 Å². The third kappa shape index (κ3) is 3.50. The molecule has 1 aliphatic carbocycles. The smallest absolute Gasteiger partial charge is 0.242 e. The summed E-state index contributed by atoms with van der Waals surface area (Å²) in [5, 5.41) is -0.731. The molecule has 31 heavy (non-hydrogen) atoms. The summed E-state index contributed by atoms with van der Waals surface area (Å²) >= 11 is 0. The fraction of sp³-hybridized carbons (Fsp3) is 0.409. The first-order chi connectivity index (χ1) is 14.5. The zero-order valence-electron chi connectivity index (χ0n) is 17.7. The minimum atomic E-state index is -3.66. The van der Waals surface area contributed by atoms with Crippen LogP contribution in [0.3, 0.4) is 0 Å². The van der Waals surface area contributed by atoms with E-state index in [1.165, 1.54) is 13.1 Å². The van der Waals surface area contributed by atoms with Crippen molar-refractivity contribution >= 4 is 21.8 Å². The van der Waals surface area contributed by atoms with Gasteiger partial charge in [-0.05, 0) is 61.4 Å². The summed E-state index contributed by atoms with van der Waals surface area (Å²) in [6.45, 7) is 3.45. The van der Waals surface area contributed by atoms with Crippen LogP contribution in [0.25, 0.3) is 0 Å². The first-order valence-corrected chi connectivity index (χ1v) is 11.6. The predicted octanol–water partition coefficient (Wildman–Crippen LogP) is 2.46. The van der Waals surface area contributed by atoms with Crippen molar-refractivity contribution in [2.45, 2.75) is 50.3 Å². The molecule has 0 unspecified atom stereocenters. The second-order valence-corrected chi connectivity index (χ2v) is 10.6. The highest BCUT2D eigenvalue weighted by Crippen LogP contribution is 2.44. The van der Waals surface area contributed by atoms with Crippen molar-refractivity contribution in [2.75, 3.05) is 7.05 Å². The number of pyridine rings is 1. The minimum absolute atomic E-state index is 0.0424. The molecular formula is C22H25FN4O3S. The zero-order chi connectivity index (χ0) is 22.6. The van der Waals surface area contributed by atoms with Crippen molar-refractivity contribution < 1.29 is 17.6 Å². The Bertz CT molecular complexity index is 1210. The Morgan fingerprint density at radius 3 is 2.81 bits per heavy atom. The number of nitrogens with two attached hydrogens (primary N) is 1. The number of Topliss-reactive ketones (excluding diaryl/α,β-unsaturated/α-hetero) is 1. The van der Waals surface area contributed by atoms with Gasteiger partial charge in [-0.15, -0.1) is 0 Å². The van der Waals surface area contributed by atoms with E-state index >= 15 is 0 Å². The first kappa shape index (κ1) is 21.4. The van der Waals surface area contributed by atoms with Crippen molar-refractivity contribution in [3.63, 3.8) is 0 Å². The number of aryl methyl sites for hydroxylation is 2. The second kappa shape index (κ2) is 7.40. The summed E-state index contributed by atoms with van der Waals surface area (Å²) < 4.78 is 40.6. The number of sulfonamides is 1. The Hall–Kier alpha value is -2.81. The summed E-state index contributed by atoms with van der Waals surface area (Å²) in [5.41, 5.74) is 8.16. The topological polar surface area (TPSA) is 106 Å². The van der Waals surface area contributed by atoms with Crippen LogP contribution < -0.4 is 5.73 Å². The van der Waals surface area contributed by atoms with Gasteiger partial charge in [0.15, 0.2) is 5.78 Å². The summed E-state index contributed by atoms with van der Waals surface area (Å²) in [6, 6.07) is 6.95. The molecule has 1 aliphatic heterocycles. The maximum atomic E-state index is 13.3. The van der Waals surface area contributed by atoms with Crippen LogP contribution >= 0.6 is 0 Å². The molecule has 2 atom stereocenters. The molecule has 2 aliphatic rings. The standard InChI is InChI=1S/C22H25FN4O3S/c1-13-9-16(23)12-25-20(13)18(28)11-14-7-8-15-5-4-6-19-22(2,17(15)10-14)26-21(24)27(3)31(19,29)30/h7-10,12,19H,4-6,11H2,1-3H3,(H2,24,26)/t19-,22+/m0/s1. The average Bonchev–Trinajstić information content (AvgIpc) is 2.83. The highest BCUT2D eigenvalue weighted by Gasteiger charge is 2.51. The van der Waals surface area contributed by atoms with Crippen LogP contribution in [-0.2, 0) is 28.4 Å². The molecule has 2 N–H and O–H groups in total. The van der Waals surface area contributed by atoms with E-state index in [2.05, 4.69) is 9.98 Å². The van der Waals surface area contributed by atoms with Gasteiger partial charge >= 0.3 is 0 Å². The number of halogens is 1. The zero-order valence-corrected chi connectivity index (χ0v) is 18.5. The lowest BCUT2D eigenvalue weighted by Gasteiger charge is -2.41. The van der Waals surface area contributed by atoms with Crippen molar-refractivity contribution in [2.24, 2.45) is 10.7 Å². The SMILES string of the molecule is Cc1cc(F)cnc1C(=O)Cc1ccc2c(c1)[C@@]1(C)N=C(N)N(C)S(=O)(=O)[C@H]1CCC2. The van der Waals surface area contributed by atoms with Crippen LogP contribution in [0.1, 0.15) is 52.5 Å². The molecule has 9 heteroatoms. The third-order valence-electron chi connectivity index (χ3n) is 6.34. The van der Waals surface area contributed by atoms with Crippen LogP contribution in [0, 0.1) is 12.7 Å². The van der Waals surface area contributed by atoms with Gasteiger partial charge in [0, 0.05) is 13.5 Å². The number of aromatic nitrogens is 1. The summed E-state index contributed by atoms with van der Waals surface area (Å²) in [6.07, 6.45) is 3.01. The number of fused-ring (bicyclic) bond motifs is 3. The molecule has 164 valence electrons. The molecule has 2 heterocycles. The first-order valence-electron chi connectivity index (χ1n) is 10.1. The molecule has 0 bridgehead atoms. The summed E-state index contributed by atoms with van der Waals surface area (Å²) in [7, 11) is -2.24. The van der Waals surface area contributed by atoms with Gasteiger partial charge in [-0.3, -0.25) is 4.79 Å². The van der Waals surface area contributed by atoms with Gasteiger partial charge in [0.05, 0.1) is 6.20 Å². The van der Waals surface area contributed by atoms with E-state index in [1.54, 1.807) is 13.8 Å². The number of nitrogens with zero attached hydrogens (tertiary/aromatic N) is 3. The van der Waals surface area contributed by atoms with E-state index in [0.717, 1.165) is 33.6 Å². The van der Waals surface area contributed by atoms with E-state index in [9.17, 15) is 17.6 Å². The highest BCUT2D eigenvalue weighted by molar-refractivity contribution is 7.90. The minimum Gasteiger partial charge on any atom is -0.369 e. The average molecular weight is 445 g/mol. The molecule has 0 radical (unpaired) electrons. The largest absolute Gasteiger partial charge is 0.369 e. The monoisotopic (exact) mass is 444 g/mol. The van der Waals surface area contributed by atoms with E-state index < -0.39 is 26.6 Å². The number of hydrogen-bond donors (Lipinski definition) is 1. The van der Waals surface area contributed by atoms with Gasteiger partial charge in [-0.1, -0.05) is 18.2 Å². The normalized spacial score (nSPS) is 24.6. The Balaban J connectivity index is 1.76. The maximum absolute atomic E-state index is 13.3. The van der Waals surface area contributed by atoms with E-state index in [-0.39, 0.29) is 23.9 Å². The number of aliphatic imine (C=N–C) groups is 1. The van der Waals surface area contributed by atoms with Crippen LogP contribution in [0.5, 0.6) is 0 Å². The molecule has 1 aromatic heterocycles. The molecule has 0 fully saturated rings. The molecule has 0 amide bonds.